The second-order valence-corrected chi connectivity index (χ2v) is 13.4. The third-order valence-corrected chi connectivity index (χ3v) is 9.67. The Balaban J connectivity index is 1.21. The first-order valence-electron chi connectivity index (χ1n) is 13.1. The van der Waals surface area contributed by atoms with Crippen LogP contribution in [0, 0.1) is 24.6 Å². The summed E-state index contributed by atoms with van der Waals surface area (Å²) < 4.78 is 54.7. The van der Waals surface area contributed by atoms with Crippen molar-refractivity contribution in [1.29, 1.82) is 0 Å². The number of sulfonamides is 1. The van der Waals surface area contributed by atoms with Crippen molar-refractivity contribution in [3.63, 3.8) is 0 Å². The predicted molar refractivity (Wildman–Crippen MR) is 137 cm³/mol. The molecule has 2 aliphatic carbocycles. The molecule has 4 atom stereocenters. The fourth-order valence-electron chi connectivity index (χ4n) is 6.01. The van der Waals surface area contributed by atoms with E-state index in [0.717, 1.165) is 35.4 Å². The van der Waals surface area contributed by atoms with E-state index in [9.17, 15) is 22.4 Å². The Hall–Kier alpha value is -2.85. The van der Waals surface area contributed by atoms with Crippen molar-refractivity contribution >= 4 is 21.8 Å². The lowest BCUT2D eigenvalue weighted by molar-refractivity contribution is -0.126. The zero-order valence-electron chi connectivity index (χ0n) is 21.4. The van der Waals surface area contributed by atoms with Crippen LogP contribution in [0.1, 0.15) is 58.8 Å². The van der Waals surface area contributed by atoms with E-state index in [2.05, 4.69) is 5.32 Å². The van der Waals surface area contributed by atoms with Crippen LogP contribution in [0.5, 0.6) is 0 Å². The maximum Gasteiger partial charge on any atom is 0.254 e. The average Bonchev–Trinajstić information content (AvgIpc) is 3.78. The Labute approximate surface area is 221 Å². The van der Waals surface area contributed by atoms with Crippen LogP contribution in [-0.4, -0.2) is 60.9 Å². The topological polar surface area (TPSA) is 86.8 Å². The Bertz CT molecular complexity index is 1420. The van der Waals surface area contributed by atoms with Gasteiger partial charge < -0.3 is 10.2 Å². The number of aryl methyl sites for hydroxylation is 1. The van der Waals surface area contributed by atoms with Gasteiger partial charge in [-0.2, -0.15) is 4.31 Å². The summed E-state index contributed by atoms with van der Waals surface area (Å²) in [6.07, 6.45) is 4.23. The number of carbonyl (C=O) groups excluding carboxylic acids is 2. The molecule has 4 fully saturated rings. The number of amides is 2. The molecule has 4 aliphatic rings. The molecule has 0 aromatic heterocycles. The van der Waals surface area contributed by atoms with Crippen LogP contribution >= 0.6 is 0 Å². The highest BCUT2D eigenvalue weighted by molar-refractivity contribution is 7.88. The number of hydrogen-bond acceptors (Lipinski definition) is 4. The van der Waals surface area contributed by atoms with E-state index in [1.54, 1.807) is 29.2 Å². The molecule has 2 aromatic carbocycles. The molecule has 6 rings (SSSR count). The van der Waals surface area contributed by atoms with Crippen molar-refractivity contribution in [3.8, 4) is 0 Å². The number of nitrogens with zero attached hydrogens (tertiary/aromatic N) is 2. The van der Waals surface area contributed by atoms with E-state index in [1.807, 2.05) is 13.0 Å². The molecule has 2 amide bonds. The van der Waals surface area contributed by atoms with E-state index in [4.69, 9.17) is 0 Å². The molecule has 0 radical (unpaired) electrons. The van der Waals surface area contributed by atoms with Crippen LogP contribution < -0.4 is 5.32 Å². The number of nitrogens with one attached hydrogen (secondary N) is 1. The quantitative estimate of drug-likeness (QED) is 0.580. The Morgan fingerprint density at radius 2 is 1.84 bits per heavy atom. The molecule has 7 nitrogen and oxygen atoms in total. The minimum absolute atomic E-state index is 0.0406. The number of halogens is 2. The molecule has 2 aliphatic heterocycles. The van der Waals surface area contributed by atoms with Crippen LogP contribution in [-0.2, 0) is 20.5 Å². The average molecular weight is 544 g/mol. The standard InChI is InChI=1S/C28H31F2N3O4S/c1-16-6-9-21(22(29)10-16)25(17-7-8-17)31-26(34)24-13-19-12-23(19)33(24)27(35)18-4-3-5-20(11-18)28(30)14-32(15-28)38(2,36)37/h3-6,9-11,17,19,23-25H,7-8,12-15H2,1-2H3,(H,31,34)/t19-,23-,24-,25-/m1/s1. The fraction of sp³-hybridized carbons (Fsp3) is 0.500. The number of carbonyl (C=O) groups is 2. The second kappa shape index (κ2) is 8.84. The number of hydrogen-bond donors (Lipinski definition) is 1. The summed E-state index contributed by atoms with van der Waals surface area (Å²) in [5.41, 5.74) is -0.0655. The molecule has 1 N–H and O–H groups in total. The van der Waals surface area contributed by atoms with Gasteiger partial charge in [0.15, 0.2) is 5.67 Å². The Morgan fingerprint density at radius 3 is 2.50 bits per heavy atom. The molecule has 38 heavy (non-hydrogen) atoms. The third-order valence-electron chi connectivity index (χ3n) is 8.47. The molecule has 202 valence electrons. The molecular formula is C28H31F2N3O4S. The van der Waals surface area contributed by atoms with Gasteiger partial charge in [-0.05, 0) is 73.8 Å². The number of likely N-dealkylation sites (tertiary alicyclic amines) is 1. The minimum Gasteiger partial charge on any atom is -0.347 e. The van der Waals surface area contributed by atoms with Crippen molar-refractivity contribution in [2.45, 2.75) is 56.4 Å². The summed E-state index contributed by atoms with van der Waals surface area (Å²) in [6, 6.07) is 10.1. The van der Waals surface area contributed by atoms with Crippen LogP contribution in [0.3, 0.4) is 0 Å². The van der Waals surface area contributed by atoms with Crippen LogP contribution in [0.2, 0.25) is 0 Å². The first-order valence-corrected chi connectivity index (χ1v) is 14.9. The summed E-state index contributed by atoms with van der Waals surface area (Å²) in [5.74, 6) is -0.557. The van der Waals surface area contributed by atoms with Gasteiger partial charge in [-0.1, -0.05) is 24.3 Å². The largest absolute Gasteiger partial charge is 0.347 e. The lowest BCUT2D eigenvalue weighted by Crippen LogP contribution is -2.58. The van der Waals surface area contributed by atoms with Gasteiger partial charge in [-0.25, -0.2) is 17.2 Å². The van der Waals surface area contributed by atoms with Gasteiger partial charge in [-0.15, -0.1) is 0 Å². The molecule has 2 aromatic rings. The van der Waals surface area contributed by atoms with Crippen molar-refractivity contribution in [2.24, 2.45) is 11.8 Å². The highest BCUT2D eigenvalue weighted by Gasteiger charge is 2.57. The lowest BCUT2D eigenvalue weighted by atomic mass is 9.89. The van der Waals surface area contributed by atoms with Gasteiger partial charge in [0.1, 0.15) is 11.9 Å². The number of rotatable bonds is 7. The first kappa shape index (κ1) is 25.4. The van der Waals surface area contributed by atoms with Crippen LogP contribution in [0.15, 0.2) is 42.5 Å². The monoisotopic (exact) mass is 543 g/mol. The second-order valence-electron chi connectivity index (χ2n) is 11.5. The number of benzene rings is 2. The Morgan fingerprint density at radius 1 is 1.11 bits per heavy atom. The predicted octanol–water partition coefficient (Wildman–Crippen LogP) is 3.44. The zero-order valence-corrected chi connectivity index (χ0v) is 22.2. The molecule has 2 heterocycles. The summed E-state index contributed by atoms with van der Waals surface area (Å²) >= 11 is 0. The molecular weight excluding hydrogens is 512 g/mol. The van der Waals surface area contributed by atoms with E-state index in [1.165, 1.54) is 12.1 Å². The molecule has 10 heteroatoms. The zero-order chi connectivity index (χ0) is 27.0. The van der Waals surface area contributed by atoms with Gasteiger partial charge in [-0.3, -0.25) is 9.59 Å². The SMILES string of the molecule is Cc1ccc([C@H](NC(=O)[C@H]2C[C@H]3C[C@H]3N2C(=O)c2cccc(C3(F)CN(S(C)(=O)=O)C3)c2)C2CC2)c(F)c1. The number of alkyl halides is 1. The maximum atomic E-state index is 15.4. The molecule has 0 spiro atoms. The summed E-state index contributed by atoms with van der Waals surface area (Å²) in [6.45, 7) is 1.24. The van der Waals surface area contributed by atoms with Gasteiger partial charge in [0.2, 0.25) is 15.9 Å². The normalized spacial score (nSPS) is 26.8. The van der Waals surface area contributed by atoms with Gasteiger partial charge in [0.25, 0.3) is 5.91 Å². The molecule has 0 unspecified atom stereocenters. The van der Waals surface area contributed by atoms with Crippen LogP contribution in [0.4, 0.5) is 8.78 Å². The van der Waals surface area contributed by atoms with Gasteiger partial charge >= 0.3 is 0 Å². The van der Waals surface area contributed by atoms with E-state index < -0.39 is 27.8 Å². The number of piperidine rings is 1. The fourth-order valence-corrected chi connectivity index (χ4v) is 6.88. The van der Waals surface area contributed by atoms with Gasteiger partial charge in [0.05, 0.1) is 25.4 Å². The van der Waals surface area contributed by atoms with Gasteiger partial charge in [0, 0.05) is 17.2 Å². The minimum atomic E-state index is -3.49. The molecule has 2 saturated heterocycles. The summed E-state index contributed by atoms with van der Waals surface area (Å²) in [5, 5.41) is 3.05. The van der Waals surface area contributed by atoms with E-state index in [0.29, 0.717) is 12.0 Å². The van der Waals surface area contributed by atoms with Crippen molar-refractivity contribution < 1.29 is 26.8 Å². The van der Waals surface area contributed by atoms with Crippen molar-refractivity contribution in [3.05, 3.63) is 70.5 Å². The molecule has 0 bridgehead atoms. The number of fused-ring (bicyclic) bond motifs is 1. The highest BCUT2D eigenvalue weighted by atomic mass is 32.2. The van der Waals surface area contributed by atoms with E-state index in [-0.39, 0.29) is 59.7 Å². The smallest absolute Gasteiger partial charge is 0.254 e. The highest BCUT2D eigenvalue weighted by Crippen LogP contribution is 2.49. The Kier molecular flexibility index (Phi) is 5.92. The third kappa shape index (κ3) is 4.51. The van der Waals surface area contributed by atoms with Crippen molar-refractivity contribution in [1.82, 2.24) is 14.5 Å². The summed E-state index contributed by atoms with van der Waals surface area (Å²) in [4.78, 5) is 28.8. The van der Waals surface area contributed by atoms with Crippen molar-refractivity contribution in [2.75, 3.05) is 19.3 Å². The summed E-state index contributed by atoms with van der Waals surface area (Å²) in [7, 11) is -3.49. The molecule has 2 saturated carbocycles. The maximum absolute atomic E-state index is 15.4. The van der Waals surface area contributed by atoms with Crippen LogP contribution in [0.25, 0.3) is 0 Å². The lowest BCUT2D eigenvalue weighted by Gasteiger charge is -2.43. The first-order chi connectivity index (χ1) is 17.9. The van der Waals surface area contributed by atoms with E-state index >= 15 is 4.39 Å².